The van der Waals surface area contributed by atoms with E-state index in [4.69, 9.17) is 14.2 Å². The molecule has 1 saturated heterocycles. The highest BCUT2D eigenvalue weighted by Crippen LogP contribution is 2.84. The molecule has 0 aromatic heterocycles. The minimum absolute atomic E-state index is 0.0706. The molecule has 0 radical (unpaired) electrons. The summed E-state index contributed by atoms with van der Waals surface area (Å²) in [5.41, 5.74) is -0.913. The predicted molar refractivity (Wildman–Crippen MR) is 76.8 cm³/mol. The largest absolute Gasteiger partial charge is 0.466 e. The fourth-order valence-electron chi connectivity index (χ4n) is 5.84. The lowest BCUT2D eigenvalue weighted by atomic mass is 9.64. The SMILES string of the molecule is CCOC(=O)[C@]12[C@H]([C@H]3COC(C)(C)O3)[C@@H]3CC[C@@]1(C)[C@H]2C3=O. The number of fused-ring (bicyclic) bond motifs is 1. The number of carbonyl (C=O) groups is 2. The molecular formula is C17H24O5. The zero-order valence-electron chi connectivity index (χ0n) is 13.7. The fourth-order valence-corrected chi connectivity index (χ4v) is 5.84. The van der Waals surface area contributed by atoms with Crippen LogP contribution >= 0.6 is 0 Å². The van der Waals surface area contributed by atoms with Crippen molar-refractivity contribution in [2.24, 2.45) is 28.6 Å². The second-order valence-electron chi connectivity index (χ2n) is 7.88. The Labute approximate surface area is 130 Å². The molecule has 0 aromatic rings. The monoisotopic (exact) mass is 308 g/mol. The van der Waals surface area contributed by atoms with Crippen LogP contribution in [0, 0.1) is 28.6 Å². The maximum Gasteiger partial charge on any atom is 0.313 e. The molecular weight excluding hydrogens is 284 g/mol. The van der Waals surface area contributed by atoms with Gasteiger partial charge in [-0.25, -0.2) is 0 Å². The van der Waals surface area contributed by atoms with E-state index in [0.717, 1.165) is 12.8 Å². The summed E-state index contributed by atoms with van der Waals surface area (Å²) in [5, 5.41) is 0. The molecule has 4 saturated carbocycles. The number of hydrogen-bond acceptors (Lipinski definition) is 5. The maximum absolute atomic E-state index is 12.8. The van der Waals surface area contributed by atoms with Gasteiger partial charge >= 0.3 is 5.97 Å². The van der Waals surface area contributed by atoms with E-state index in [0.29, 0.717) is 13.2 Å². The third-order valence-corrected chi connectivity index (χ3v) is 6.58. The molecule has 0 aromatic carbocycles. The molecule has 5 nitrogen and oxygen atoms in total. The van der Waals surface area contributed by atoms with Gasteiger partial charge in [0.2, 0.25) is 0 Å². The van der Waals surface area contributed by atoms with Gasteiger partial charge in [-0.15, -0.1) is 0 Å². The van der Waals surface area contributed by atoms with E-state index < -0.39 is 11.2 Å². The first kappa shape index (κ1) is 14.6. The molecule has 1 heterocycles. The number of ketones is 1. The Kier molecular flexibility index (Phi) is 2.74. The lowest BCUT2D eigenvalue weighted by Gasteiger charge is -2.40. The summed E-state index contributed by atoms with van der Waals surface area (Å²) < 4.78 is 17.1. The summed E-state index contributed by atoms with van der Waals surface area (Å²) in [6.45, 7) is 8.45. The number of carbonyl (C=O) groups excluding carboxylic acids is 2. The minimum atomic E-state index is -0.669. The van der Waals surface area contributed by atoms with E-state index in [1.807, 2.05) is 20.8 Å². The Bertz CT molecular complexity index is 555. The van der Waals surface area contributed by atoms with Crippen LogP contribution in [0.5, 0.6) is 0 Å². The fraction of sp³-hybridized carbons (Fsp3) is 0.882. The number of ether oxygens (including phenoxy) is 3. The summed E-state index contributed by atoms with van der Waals surface area (Å²) in [6, 6.07) is 0. The summed E-state index contributed by atoms with van der Waals surface area (Å²) in [7, 11) is 0. The molecule has 122 valence electrons. The Balaban J connectivity index is 1.74. The van der Waals surface area contributed by atoms with Crippen molar-refractivity contribution < 1.29 is 23.8 Å². The van der Waals surface area contributed by atoms with E-state index in [1.165, 1.54) is 0 Å². The van der Waals surface area contributed by atoms with Gasteiger partial charge in [-0.3, -0.25) is 9.59 Å². The highest BCUT2D eigenvalue weighted by atomic mass is 16.7. The van der Waals surface area contributed by atoms with Gasteiger partial charge in [0, 0.05) is 17.8 Å². The summed E-state index contributed by atoms with van der Waals surface area (Å²) in [5.74, 6) is -0.925. The van der Waals surface area contributed by atoms with Crippen molar-refractivity contribution in [1.29, 1.82) is 0 Å². The van der Waals surface area contributed by atoms with Gasteiger partial charge in [0.05, 0.1) is 24.7 Å². The number of rotatable bonds is 3. The van der Waals surface area contributed by atoms with Gasteiger partial charge in [0.1, 0.15) is 5.78 Å². The molecule has 5 aliphatic rings. The first-order valence-electron chi connectivity index (χ1n) is 8.32. The quantitative estimate of drug-likeness (QED) is 0.746. The molecule has 22 heavy (non-hydrogen) atoms. The zero-order chi connectivity index (χ0) is 15.9. The smallest absolute Gasteiger partial charge is 0.313 e. The Hall–Kier alpha value is -0.940. The van der Waals surface area contributed by atoms with Crippen LogP contribution in [-0.4, -0.2) is 36.9 Å². The Morgan fingerprint density at radius 1 is 1.36 bits per heavy atom. The van der Waals surface area contributed by atoms with Crippen molar-refractivity contribution in [2.45, 2.75) is 52.4 Å². The summed E-state index contributed by atoms with van der Waals surface area (Å²) in [6.07, 6.45) is 1.60. The van der Waals surface area contributed by atoms with Crippen LogP contribution in [-0.2, 0) is 23.8 Å². The van der Waals surface area contributed by atoms with Gasteiger partial charge in [0.25, 0.3) is 0 Å². The predicted octanol–water partition coefficient (Wildman–Crippen LogP) is 1.93. The number of hydrogen-bond donors (Lipinski definition) is 0. The van der Waals surface area contributed by atoms with Crippen LogP contribution in [0.2, 0.25) is 0 Å². The molecule has 6 atom stereocenters. The molecule has 0 unspecified atom stereocenters. The summed E-state index contributed by atoms with van der Waals surface area (Å²) >= 11 is 0. The lowest BCUT2D eigenvalue weighted by Crippen LogP contribution is -2.47. The third kappa shape index (κ3) is 1.42. The molecule has 5 rings (SSSR count). The first-order valence-corrected chi connectivity index (χ1v) is 8.32. The van der Waals surface area contributed by atoms with Gasteiger partial charge in [-0.1, -0.05) is 6.92 Å². The van der Waals surface area contributed by atoms with Crippen LogP contribution in [0.4, 0.5) is 0 Å². The van der Waals surface area contributed by atoms with Crippen LogP contribution in [0.1, 0.15) is 40.5 Å². The molecule has 0 amide bonds. The van der Waals surface area contributed by atoms with E-state index in [2.05, 4.69) is 6.92 Å². The average Bonchev–Trinajstić information content (AvgIpc) is 2.69. The van der Waals surface area contributed by atoms with Crippen molar-refractivity contribution in [3.05, 3.63) is 0 Å². The Morgan fingerprint density at radius 2 is 2.09 bits per heavy atom. The normalized spacial score (nSPS) is 51.0. The van der Waals surface area contributed by atoms with Crippen LogP contribution in [0.15, 0.2) is 0 Å². The number of esters is 1. The standard InChI is InChI=1S/C17H24O5/c1-5-20-14(19)17-11(10-8-21-15(2,3)22-10)9-6-7-16(17,4)13(17)12(9)18/h9-11,13H,5-8H2,1-4H3/t9-,10+,11-,13+,16-,17+/m0/s1. The first-order chi connectivity index (χ1) is 10.3. The Morgan fingerprint density at radius 3 is 2.64 bits per heavy atom. The van der Waals surface area contributed by atoms with Gasteiger partial charge in [-0.2, -0.15) is 0 Å². The highest BCUT2D eigenvalue weighted by Gasteiger charge is 2.91. The molecule has 4 aliphatic carbocycles. The topological polar surface area (TPSA) is 61.8 Å². The molecule has 5 fully saturated rings. The molecule has 5 heteroatoms. The second-order valence-corrected chi connectivity index (χ2v) is 7.88. The second kappa shape index (κ2) is 4.12. The van der Waals surface area contributed by atoms with E-state index in [-0.39, 0.29) is 41.0 Å². The molecule has 1 aliphatic heterocycles. The third-order valence-electron chi connectivity index (χ3n) is 6.58. The summed E-state index contributed by atoms with van der Waals surface area (Å²) in [4.78, 5) is 25.6. The number of Topliss-reactive ketones (excluding diaryl/α,β-unsaturated/α-hetero) is 1. The van der Waals surface area contributed by atoms with Crippen molar-refractivity contribution in [3.63, 3.8) is 0 Å². The average molecular weight is 308 g/mol. The molecule has 4 bridgehead atoms. The van der Waals surface area contributed by atoms with Gasteiger partial charge < -0.3 is 14.2 Å². The van der Waals surface area contributed by atoms with Gasteiger partial charge in [-0.05, 0) is 39.0 Å². The lowest BCUT2D eigenvalue weighted by molar-refractivity contribution is -0.171. The molecule has 0 spiro atoms. The molecule has 0 N–H and O–H groups in total. The zero-order valence-corrected chi connectivity index (χ0v) is 13.7. The van der Waals surface area contributed by atoms with E-state index in [9.17, 15) is 9.59 Å². The highest BCUT2D eigenvalue weighted by molar-refractivity contribution is 6.03. The van der Waals surface area contributed by atoms with Crippen molar-refractivity contribution in [1.82, 2.24) is 0 Å². The van der Waals surface area contributed by atoms with E-state index >= 15 is 0 Å². The van der Waals surface area contributed by atoms with Gasteiger partial charge in [0.15, 0.2) is 5.79 Å². The van der Waals surface area contributed by atoms with Crippen LogP contribution < -0.4 is 0 Å². The van der Waals surface area contributed by atoms with Crippen molar-refractivity contribution in [3.8, 4) is 0 Å². The van der Waals surface area contributed by atoms with Crippen molar-refractivity contribution in [2.75, 3.05) is 13.2 Å². The minimum Gasteiger partial charge on any atom is -0.466 e. The maximum atomic E-state index is 12.8. The van der Waals surface area contributed by atoms with Crippen LogP contribution in [0.3, 0.4) is 0 Å². The van der Waals surface area contributed by atoms with Crippen molar-refractivity contribution >= 4 is 11.8 Å². The van der Waals surface area contributed by atoms with E-state index in [1.54, 1.807) is 0 Å². The van der Waals surface area contributed by atoms with Crippen LogP contribution in [0.25, 0.3) is 0 Å².